The minimum atomic E-state index is -0.311. The summed E-state index contributed by atoms with van der Waals surface area (Å²) in [4.78, 5) is 17.8. The second kappa shape index (κ2) is 7.10. The van der Waals surface area contributed by atoms with Gasteiger partial charge in [0.15, 0.2) is 0 Å². The molecular weight excluding hydrogens is 192 g/mol. The lowest BCUT2D eigenvalue weighted by atomic mass is 10.3. The molecule has 0 bridgehead atoms. The van der Waals surface area contributed by atoms with Gasteiger partial charge in [-0.25, -0.2) is 19.6 Å². The lowest BCUT2D eigenvalue weighted by Crippen LogP contribution is -2.23. The van der Waals surface area contributed by atoms with Gasteiger partial charge in [0.1, 0.15) is 13.2 Å². The van der Waals surface area contributed by atoms with Crippen molar-refractivity contribution in [1.29, 1.82) is 0 Å². The molecule has 6 nitrogen and oxygen atoms in total. The fourth-order valence-electron chi connectivity index (χ4n) is 0.906. The Morgan fingerprint density at radius 2 is 1.14 bits per heavy atom. The highest BCUT2D eigenvalue weighted by Gasteiger charge is 2.09. The summed E-state index contributed by atoms with van der Waals surface area (Å²) < 4.78 is 0. The largest absolute Gasteiger partial charge is 0.391 e. The molecule has 2 saturated heterocycles. The number of aliphatic hydroxyl groups excluding tert-OH is 2. The monoisotopic (exact) mass is 208 g/mol. The zero-order valence-corrected chi connectivity index (χ0v) is 7.92. The summed E-state index contributed by atoms with van der Waals surface area (Å²) in [6, 6.07) is 0. The van der Waals surface area contributed by atoms with Gasteiger partial charge in [-0.1, -0.05) is 0 Å². The molecule has 0 aliphatic carbocycles. The molecule has 0 saturated carbocycles. The van der Waals surface area contributed by atoms with Gasteiger partial charge >= 0.3 is 0 Å². The van der Waals surface area contributed by atoms with E-state index in [-0.39, 0.29) is 12.2 Å². The van der Waals surface area contributed by atoms with Crippen molar-refractivity contribution >= 4 is 0 Å². The Hall–Kier alpha value is -0.240. The van der Waals surface area contributed by atoms with Crippen molar-refractivity contribution in [3.8, 4) is 0 Å². The van der Waals surface area contributed by atoms with Crippen LogP contribution in [0.1, 0.15) is 12.8 Å². The normalized spacial score (nSPS) is 33.0. The van der Waals surface area contributed by atoms with Gasteiger partial charge in [-0.05, 0) is 0 Å². The van der Waals surface area contributed by atoms with Crippen LogP contribution in [0.5, 0.6) is 0 Å². The van der Waals surface area contributed by atoms with Crippen LogP contribution in [-0.4, -0.2) is 48.8 Å². The summed E-state index contributed by atoms with van der Waals surface area (Å²) >= 11 is 0. The number of hydrogen-bond donors (Lipinski definition) is 2. The van der Waals surface area contributed by atoms with E-state index in [1.165, 1.54) is 0 Å². The SMILES string of the molecule is OC1CCOOC1.OC1CCOOC1. The van der Waals surface area contributed by atoms with Crippen molar-refractivity contribution in [2.75, 3.05) is 26.4 Å². The molecular formula is C8H16O6. The van der Waals surface area contributed by atoms with Crippen LogP contribution in [-0.2, 0) is 19.6 Å². The molecule has 2 atom stereocenters. The second-order valence-electron chi connectivity index (χ2n) is 3.10. The zero-order valence-electron chi connectivity index (χ0n) is 7.92. The maximum Gasteiger partial charge on any atom is 0.108 e. The van der Waals surface area contributed by atoms with Crippen LogP contribution in [0.3, 0.4) is 0 Å². The maximum atomic E-state index is 8.70. The van der Waals surface area contributed by atoms with Crippen molar-refractivity contribution in [3.05, 3.63) is 0 Å². The molecule has 14 heavy (non-hydrogen) atoms. The molecule has 2 unspecified atom stereocenters. The van der Waals surface area contributed by atoms with Crippen molar-refractivity contribution in [2.45, 2.75) is 25.0 Å². The van der Waals surface area contributed by atoms with Gasteiger partial charge in [-0.15, -0.1) is 0 Å². The van der Waals surface area contributed by atoms with Gasteiger partial charge in [0, 0.05) is 12.8 Å². The minimum Gasteiger partial charge on any atom is -0.391 e. The van der Waals surface area contributed by atoms with Crippen LogP contribution < -0.4 is 0 Å². The summed E-state index contributed by atoms with van der Waals surface area (Å²) in [5.41, 5.74) is 0. The average Bonchev–Trinajstić information content (AvgIpc) is 2.21. The lowest BCUT2D eigenvalue weighted by Gasteiger charge is -2.14. The molecule has 0 amide bonds. The first-order chi connectivity index (χ1) is 6.79. The molecule has 0 aromatic heterocycles. The number of rotatable bonds is 0. The van der Waals surface area contributed by atoms with Crippen LogP contribution in [0.2, 0.25) is 0 Å². The highest BCUT2D eigenvalue weighted by atomic mass is 17.2. The summed E-state index contributed by atoms with van der Waals surface area (Å²) in [5, 5.41) is 17.4. The molecule has 0 aromatic carbocycles. The van der Waals surface area contributed by atoms with E-state index in [0.717, 1.165) is 0 Å². The topological polar surface area (TPSA) is 77.4 Å². The first-order valence-corrected chi connectivity index (χ1v) is 4.64. The minimum absolute atomic E-state index is 0.311. The van der Waals surface area contributed by atoms with Gasteiger partial charge in [0.2, 0.25) is 0 Å². The Morgan fingerprint density at radius 1 is 0.714 bits per heavy atom. The number of aliphatic hydroxyl groups is 2. The fraction of sp³-hybridized carbons (Fsp3) is 1.00. The average molecular weight is 208 g/mol. The highest BCUT2D eigenvalue weighted by Crippen LogP contribution is 2.00. The van der Waals surface area contributed by atoms with Gasteiger partial charge in [-0.3, -0.25) is 0 Å². The molecule has 2 rings (SSSR count). The van der Waals surface area contributed by atoms with Gasteiger partial charge in [0.05, 0.1) is 25.4 Å². The summed E-state index contributed by atoms with van der Waals surface area (Å²) in [5.74, 6) is 0. The molecule has 0 aromatic rings. The molecule has 0 spiro atoms. The standard InChI is InChI=1S/2C4H8O3/c2*5-4-1-2-6-7-3-4/h2*4-5H,1-3H2. The molecule has 2 aliphatic rings. The van der Waals surface area contributed by atoms with E-state index < -0.39 is 0 Å². The van der Waals surface area contributed by atoms with Crippen LogP contribution >= 0.6 is 0 Å². The molecule has 0 radical (unpaired) electrons. The Bertz CT molecular complexity index is 114. The lowest BCUT2D eigenvalue weighted by molar-refractivity contribution is -0.330. The van der Waals surface area contributed by atoms with E-state index in [4.69, 9.17) is 10.2 Å². The first kappa shape index (κ1) is 11.8. The Morgan fingerprint density at radius 3 is 1.29 bits per heavy atom. The van der Waals surface area contributed by atoms with Crippen molar-refractivity contribution < 1.29 is 29.8 Å². The van der Waals surface area contributed by atoms with Crippen LogP contribution in [0.25, 0.3) is 0 Å². The van der Waals surface area contributed by atoms with E-state index in [9.17, 15) is 0 Å². The predicted molar refractivity (Wildman–Crippen MR) is 45.1 cm³/mol. The summed E-state index contributed by atoms with van der Waals surface area (Å²) in [7, 11) is 0. The fourth-order valence-corrected chi connectivity index (χ4v) is 0.906. The first-order valence-electron chi connectivity index (χ1n) is 4.64. The van der Waals surface area contributed by atoms with Crippen molar-refractivity contribution in [1.82, 2.24) is 0 Å². The molecule has 84 valence electrons. The second-order valence-corrected chi connectivity index (χ2v) is 3.10. The molecule has 2 fully saturated rings. The predicted octanol–water partition coefficient (Wildman–Crippen LogP) is -0.602. The Labute approximate surface area is 82.2 Å². The van der Waals surface area contributed by atoms with Gasteiger partial charge < -0.3 is 10.2 Å². The summed E-state index contributed by atoms with van der Waals surface area (Å²) in [6.07, 6.45) is 0.766. The Kier molecular flexibility index (Phi) is 6.00. The maximum absolute atomic E-state index is 8.70. The van der Waals surface area contributed by atoms with Gasteiger partial charge in [-0.2, -0.15) is 0 Å². The zero-order chi connectivity index (χ0) is 10.2. The molecule has 2 aliphatic heterocycles. The Balaban J connectivity index is 0.000000140. The third kappa shape index (κ3) is 5.48. The van der Waals surface area contributed by atoms with Crippen LogP contribution in [0.15, 0.2) is 0 Å². The van der Waals surface area contributed by atoms with Gasteiger partial charge in [0.25, 0.3) is 0 Å². The number of hydrogen-bond acceptors (Lipinski definition) is 6. The van der Waals surface area contributed by atoms with E-state index >= 15 is 0 Å². The van der Waals surface area contributed by atoms with Crippen molar-refractivity contribution in [2.24, 2.45) is 0 Å². The third-order valence-corrected chi connectivity index (χ3v) is 1.76. The van der Waals surface area contributed by atoms with Crippen LogP contribution in [0, 0.1) is 0 Å². The molecule has 6 heteroatoms. The van der Waals surface area contributed by atoms with E-state index in [2.05, 4.69) is 19.6 Å². The summed E-state index contributed by atoms with van der Waals surface area (Å²) in [6.45, 7) is 1.67. The van der Waals surface area contributed by atoms with E-state index in [0.29, 0.717) is 39.3 Å². The quantitative estimate of drug-likeness (QED) is 0.517. The molecule has 2 N–H and O–H groups in total. The smallest absolute Gasteiger partial charge is 0.108 e. The third-order valence-electron chi connectivity index (χ3n) is 1.76. The highest BCUT2D eigenvalue weighted by molar-refractivity contribution is 4.53. The van der Waals surface area contributed by atoms with Crippen molar-refractivity contribution in [3.63, 3.8) is 0 Å². The molecule has 2 heterocycles. The van der Waals surface area contributed by atoms with E-state index in [1.54, 1.807) is 0 Å². The van der Waals surface area contributed by atoms with Crippen LogP contribution in [0.4, 0.5) is 0 Å². The van der Waals surface area contributed by atoms with E-state index in [1.807, 2.05) is 0 Å².